The van der Waals surface area contributed by atoms with Crippen LogP contribution in [0.4, 0.5) is 0 Å². The van der Waals surface area contributed by atoms with Crippen LogP contribution in [0.25, 0.3) is 0 Å². The summed E-state index contributed by atoms with van der Waals surface area (Å²) in [5, 5.41) is 10.5. The van der Waals surface area contributed by atoms with Gasteiger partial charge in [-0.3, -0.25) is 14.5 Å². The first kappa shape index (κ1) is 20.5. The van der Waals surface area contributed by atoms with Crippen molar-refractivity contribution in [2.45, 2.75) is 46.2 Å². The molecule has 1 aromatic carbocycles. The van der Waals surface area contributed by atoms with Gasteiger partial charge >= 0.3 is 0 Å². The third kappa shape index (κ3) is 4.38. The van der Waals surface area contributed by atoms with E-state index in [4.69, 9.17) is 0 Å². The molecule has 160 valence electrons. The predicted molar refractivity (Wildman–Crippen MR) is 110 cm³/mol. The molecule has 1 unspecified atom stereocenters. The number of piperidine rings is 1. The van der Waals surface area contributed by atoms with E-state index in [-0.39, 0.29) is 18.4 Å². The third-order valence-corrected chi connectivity index (χ3v) is 6.33. The highest BCUT2D eigenvalue weighted by Gasteiger charge is 2.39. The molecule has 2 aromatic rings. The number of likely N-dealkylation sites (tertiary alicyclic amines) is 1. The lowest BCUT2D eigenvalue weighted by Crippen LogP contribution is -2.53. The quantitative estimate of drug-likeness (QED) is 0.805. The van der Waals surface area contributed by atoms with Gasteiger partial charge in [-0.2, -0.15) is 0 Å². The second kappa shape index (κ2) is 8.55. The number of fused-ring (bicyclic) bond motifs is 1. The zero-order valence-corrected chi connectivity index (χ0v) is 17.7. The summed E-state index contributed by atoms with van der Waals surface area (Å²) in [5.74, 6) is 0.0407. The molecule has 0 aliphatic carbocycles. The van der Waals surface area contributed by atoms with Crippen molar-refractivity contribution in [3.63, 3.8) is 0 Å². The molecule has 1 atom stereocenters. The molecule has 2 aliphatic heterocycles. The Morgan fingerprint density at radius 1 is 1.20 bits per heavy atom. The minimum Gasteiger partial charge on any atom is -0.350 e. The number of benzene rings is 1. The van der Waals surface area contributed by atoms with Gasteiger partial charge in [-0.05, 0) is 44.2 Å². The van der Waals surface area contributed by atoms with Crippen LogP contribution in [-0.2, 0) is 29.1 Å². The lowest BCUT2D eigenvalue weighted by molar-refractivity contribution is -0.141. The highest BCUT2D eigenvalue weighted by molar-refractivity contribution is 5.84. The van der Waals surface area contributed by atoms with Crippen LogP contribution in [0.15, 0.2) is 28.9 Å². The van der Waals surface area contributed by atoms with Crippen molar-refractivity contribution in [3.05, 3.63) is 46.8 Å². The van der Waals surface area contributed by atoms with Crippen molar-refractivity contribution in [1.29, 1.82) is 0 Å². The zero-order valence-electron chi connectivity index (χ0n) is 17.7. The molecule has 2 amide bonds. The molecule has 1 aromatic heterocycles. The highest BCUT2D eigenvalue weighted by atomic mass is 16.6. The largest absolute Gasteiger partial charge is 0.350 e. The molecular weight excluding hydrogens is 382 g/mol. The van der Waals surface area contributed by atoms with E-state index in [1.807, 2.05) is 11.8 Å². The fraction of sp³-hybridized carbons (Fsp3) is 0.545. The van der Waals surface area contributed by atoms with Crippen LogP contribution in [0.1, 0.15) is 42.3 Å². The normalized spacial score (nSPS) is 21.9. The number of carbonyl (C=O) groups is 2. The second-order valence-corrected chi connectivity index (χ2v) is 8.69. The average Bonchev–Trinajstić information content (AvgIpc) is 3.16. The second-order valence-electron chi connectivity index (χ2n) is 8.69. The molecule has 3 heterocycles. The van der Waals surface area contributed by atoms with E-state index < -0.39 is 5.41 Å². The molecule has 0 bridgehead atoms. The number of aryl methyl sites for hydroxylation is 1. The number of aromatic nitrogens is 2. The summed E-state index contributed by atoms with van der Waals surface area (Å²) in [6, 6.07) is 8.43. The minimum atomic E-state index is -0.604. The first-order valence-electron chi connectivity index (χ1n) is 10.6. The number of amides is 2. The monoisotopic (exact) mass is 411 g/mol. The van der Waals surface area contributed by atoms with Crippen LogP contribution in [0.3, 0.4) is 0 Å². The van der Waals surface area contributed by atoms with Crippen LogP contribution in [-0.4, -0.2) is 58.1 Å². The van der Waals surface area contributed by atoms with Gasteiger partial charge in [0.25, 0.3) is 0 Å². The van der Waals surface area contributed by atoms with E-state index in [0.29, 0.717) is 31.0 Å². The Kier molecular flexibility index (Phi) is 5.85. The van der Waals surface area contributed by atoms with Gasteiger partial charge in [-0.1, -0.05) is 34.6 Å². The standard InChI is InChI=1S/C22H29N5O3/c1-16-19(25-30-24-16)12-23-21(29)22(2)9-5-10-27(15-22)20(28)14-26-11-8-17-6-3-4-7-18(17)13-26/h3-4,6-7H,5,8-15H2,1-2H3,(H,23,29). The Morgan fingerprint density at radius 3 is 2.77 bits per heavy atom. The first-order valence-corrected chi connectivity index (χ1v) is 10.6. The van der Waals surface area contributed by atoms with Crippen LogP contribution < -0.4 is 5.32 Å². The van der Waals surface area contributed by atoms with Crippen molar-refractivity contribution in [3.8, 4) is 0 Å². The number of hydrogen-bond donors (Lipinski definition) is 1. The van der Waals surface area contributed by atoms with Crippen molar-refractivity contribution in [2.75, 3.05) is 26.2 Å². The zero-order chi connectivity index (χ0) is 21.1. The third-order valence-electron chi connectivity index (χ3n) is 6.33. The average molecular weight is 412 g/mol. The van der Waals surface area contributed by atoms with Gasteiger partial charge in [-0.15, -0.1) is 0 Å². The maximum absolute atomic E-state index is 13.0. The summed E-state index contributed by atoms with van der Waals surface area (Å²) in [7, 11) is 0. The van der Waals surface area contributed by atoms with Gasteiger partial charge in [0.15, 0.2) is 0 Å². The van der Waals surface area contributed by atoms with Crippen LogP contribution in [0.2, 0.25) is 0 Å². The van der Waals surface area contributed by atoms with Crippen LogP contribution >= 0.6 is 0 Å². The van der Waals surface area contributed by atoms with Gasteiger partial charge < -0.3 is 10.2 Å². The lowest BCUT2D eigenvalue weighted by Gasteiger charge is -2.40. The molecule has 8 nitrogen and oxygen atoms in total. The highest BCUT2D eigenvalue weighted by Crippen LogP contribution is 2.30. The molecule has 4 rings (SSSR count). The van der Waals surface area contributed by atoms with Crippen LogP contribution in [0.5, 0.6) is 0 Å². The van der Waals surface area contributed by atoms with Gasteiger partial charge in [-0.25, -0.2) is 4.63 Å². The summed E-state index contributed by atoms with van der Waals surface area (Å²) in [6.07, 6.45) is 2.55. The molecular formula is C22H29N5O3. The SMILES string of the molecule is Cc1nonc1CNC(=O)C1(C)CCCN(C(=O)CN2CCc3ccccc3C2)C1. The number of rotatable bonds is 5. The van der Waals surface area contributed by atoms with E-state index in [2.05, 4.69) is 49.4 Å². The molecule has 0 spiro atoms. The maximum Gasteiger partial charge on any atom is 0.236 e. The summed E-state index contributed by atoms with van der Waals surface area (Å²) in [4.78, 5) is 29.9. The molecule has 30 heavy (non-hydrogen) atoms. The summed E-state index contributed by atoms with van der Waals surface area (Å²) < 4.78 is 4.68. The molecule has 1 fully saturated rings. The number of nitrogens with zero attached hydrogens (tertiary/aromatic N) is 4. The fourth-order valence-electron chi connectivity index (χ4n) is 4.41. The Hall–Kier alpha value is -2.74. The van der Waals surface area contributed by atoms with Gasteiger partial charge in [0.1, 0.15) is 11.4 Å². The Balaban J connectivity index is 1.33. The van der Waals surface area contributed by atoms with Crippen LogP contribution in [0, 0.1) is 12.3 Å². The summed E-state index contributed by atoms with van der Waals surface area (Å²) in [6.45, 7) is 7.25. The molecule has 1 N–H and O–H groups in total. The van der Waals surface area contributed by atoms with E-state index in [0.717, 1.165) is 32.4 Å². The van der Waals surface area contributed by atoms with E-state index in [1.54, 1.807) is 6.92 Å². The van der Waals surface area contributed by atoms with Crippen molar-refractivity contribution >= 4 is 11.8 Å². The Morgan fingerprint density at radius 2 is 2.00 bits per heavy atom. The van der Waals surface area contributed by atoms with Gasteiger partial charge in [0.2, 0.25) is 11.8 Å². The van der Waals surface area contributed by atoms with E-state index in [9.17, 15) is 9.59 Å². The number of nitrogens with one attached hydrogen (secondary N) is 1. The smallest absolute Gasteiger partial charge is 0.236 e. The summed E-state index contributed by atoms with van der Waals surface area (Å²) in [5.41, 5.74) is 3.37. The molecule has 0 saturated carbocycles. The summed E-state index contributed by atoms with van der Waals surface area (Å²) >= 11 is 0. The van der Waals surface area contributed by atoms with E-state index in [1.165, 1.54) is 11.1 Å². The van der Waals surface area contributed by atoms with Crippen molar-refractivity contribution in [2.24, 2.45) is 5.41 Å². The molecule has 2 aliphatic rings. The van der Waals surface area contributed by atoms with Gasteiger partial charge in [0, 0.05) is 26.2 Å². The van der Waals surface area contributed by atoms with Crippen molar-refractivity contribution < 1.29 is 14.2 Å². The minimum absolute atomic E-state index is 0.0608. The molecule has 0 radical (unpaired) electrons. The first-order chi connectivity index (χ1) is 14.4. The van der Waals surface area contributed by atoms with Crippen molar-refractivity contribution in [1.82, 2.24) is 25.4 Å². The van der Waals surface area contributed by atoms with Gasteiger partial charge in [0.05, 0.1) is 18.5 Å². The predicted octanol–water partition coefficient (Wildman–Crippen LogP) is 1.68. The Bertz CT molecular complexity index is 927. The maximum atomic E-state index is 13.0. The fourth-order valence-corrected chi connectivity index (χ4v) is 4.41. The topological polar surface area (TPSA) is 91.6 Å². The number of carbonyl (C=O) groups excluding carboxylic acids is 2. The molecule has 8 heteroatoms. The lowest BCUT2D eigenvalue weighted by atomic mass is 9.81. The Labute approximate surface area is 176 Å². The molecule has 1 saturated heterocycles. The number of hydrogen-bond acceptors (Lipinski definition) is 6. The van der Waals surface area contributed by atoms with E-state index >= 15 is 0 Å².